The number of ketones is 1. The highest BCUT2D eigenvalue weighted by Gasteiger charge is 2.07. The minimum Gasteiger partial charge on any atom is -0.352 e. The van der Waals surface area contributed by atoms with Crippen LogP contribution in [0.2, 0.25) is 0 Å². The molecule has 0 aliphatic carbocycles. The molecule has 0 heterocycles. The summed E-state index contributed by atoms with van der Waals surface area (Å²) in [7, 11) is 0. The molecule has 0 bridgehead atoms. The molecule has 1 aromatic carbocycles. The first kappa shape index (κ1) is 14.4. The average Bonchev–Trinajstić information content (AvgIpc) is 2.24. The highest BCUT2D eigenvalue weighted by Crippen LogP contribution is 2.16. The molecule has 0 radical (unpaired) electrons. The summed E-state index contributed by atoms with van der Waals surface area (Å²) in [6.45, 7) is 8.21. The fourth-order valence-corrected chi connectivity index (χ4v) is 2.05. The predicted molar refractivity (Wildman–Crippen MR) is 72.4 cm³/mol. The van der Waals surface area contributed by atoms with E-state index in [4.69, 9.17) is 0 Å². The van der Waals surface area contributed by atoms with Gasteiger partial charge in [-0.1, -0.05) is 17.7 Å². The van der Waals surface area contributed by atoms with Gasteiger partial charge in [-0.25, -0.2) is 0 Å². The van der Waals surface area contributed by atoms with Gasteiger partial charge >= 0.3 is 0 Å². The first-order chi connectivity index (χ1) is 8.40. The Morgan fingerprint density at radius 3 is 2.11 bits per heavy atom. The van der Waals surface area contributed by atoms with Crippen molar-refractivity contribution in [2.75, 3.05) is 0 Å². The average molecular weight is 247 g/mol. The second-order valence-electron chi connectivity index (χ2n) is 4.86. The molecule has 3 nitrogen and oxygen atoms in total. The Morgan fingerprint density at radius 1 is 1.06 bits per heavy atom. The van der Waals surface area contributed by atoms with E-state index in [0.29, 0.717) is 13.0 Å². The lowest BCUT2D eigenvalue weighted by Crippen LogP contribution is -2.24. The molecule has 98 valence electrons. The van der Waals surface area contributed by atoms with Crippen molar-refractivity contribution >= 4 is 11.7 Å². The van der Waals surface area contributed by atoms with E-state index in [0.717, 1.165) is 5.56 Å². The number of hydrogen-bond donors (Lipinski definition) is 1. The van der Waals surface area contributed by atoms with E-state index in [-0.39, 0.29) is 18.1 Å². The Bertz CT molecular complexity index is 441. The van der Waals surface area contributed by atoms with E-state index in [9.17, 15) is 9.59 Å². The van der Waals surface area contributed by atoms with Gasteiger partial charge in [-0.05, 0) is 44.4 Å². The van der Waals surface area contributed by atoms with Gasteiger partial charge in [-0.3, -0.25) is 4.79 Å². The number of carbonyl (C=O) groups is 2. The fraction of sp³-hybridized carbons (Fsp3) is 0.467. The molecule has 18 heavy (non-hydrogen) atoms. The second kappa shape index (κ2) is 6.34. The molecule has 1 aromatic rings. The van der Waals surface area contributed by atoms with Gasteiger partial charge in [0.1, 0.15) is 5.78 Å². The van der Waals surface area contributed by atoms with Crippen LogP contribution in [0.5, 0.6) is 0 Å². The van der Waals surface area contributed by atoms with Gasteiger partial charge in [0.2, 0.25) is 5.91 Å². The van der Waals surface area contributed by atoms with Gasteiger partial charge in [0.15, 0.2) is 0 Å². The van der Waals surface area contributed by atoms with Crippen LogP contribution in [0.3, 0.4) is 0 Å². The Labute approximate surface area is 109 Å². The normalized spacial score (nSPS) is 10.2. The number of amides is 1. The number of nitrogens with one attached hydrogen (secondary N) is 1. The third-order valence-corrected chi connectivity index (χ3v) is 3.01. The summed E-state index contributed by atoms with van der Waals surface area (Å²) in [6, 6.07) is 4.23. The number of benzene rings is 1. The second-order valence-corrected chi connectivity index (χ2v) is 4.86. The SMILES string of the molecule is CC(=O)CCC(=O)NCc1c(C)cc(C)cc1C. The summed E-state index contributed by atoms with van der Waals surface area (Å²) in [6.07, 6.45) is 0.594. The summed E-state index contributed by atoms with van der Waals surface area (Å²) in [5.41, 5.74) is 4.78. The largest absolute Gasteiger partial charge is 0.352 e. The van der Waals surface area contributed by atoms with Crippen molar-refractivity contribution in [3.8, 4) is 0 Å². The minimum atomic E-state index is -0.0652. The van der Waals surface area contributed by atoms with Gasteiger partial charge in [0.25, 0.3) is 0 Å². The zero-order valence-corrected chi connectivity index (χ0v) is 11.6. The highest BCUT2D eigenvalue weighted by atomic mass is 16.2. The van der Waals surface area contributed by atoms with Crippen LogP contribution in [0.15, 0.2) is 12.1 Å². The molecule has 0 saturated heterocycles. The Morgan fingerprint density at radius 2 is 1.61 bits per heavy atom. The number of carbonyl (C=O) groups excluding carboxylic acids is 2. The van der Waals surface area contributed by atoms with E-state index in [1.807, 2.05) is 0 Å². The summed E-state index contributed by atoms with van der Waals surface area (Å²) in [5, 5.41) is 2.86. The zero-order chi connectivity index (χ0) is 13.7. The van der Waals surface area contributed by atoms with Gasteiger partial charge in [-0.15, -0.1) is 0 Å². The van der Waals surface area contributed by atoms with Crippen molar-refractivity contribution in [3.63, 3.8) is 0 Å². The summed E-state index contributed by atoms with van der Waals surface area (Å²) >= 11 is 0. The van der Waals surface area contributed by atoms with Crippen LogP contribution >= 0.6 is 0 Å². The Balaban J connectivity index is 2.58. The molecule has 1 rings (SSSR count). The molecule has 0 aliphatic rings. The first-order valence-corrected chi connectivity index (χ1v) is 6.23. The van der Waals surface area contributed by atoms with Crippen molar-refractivity contribution < 1.29 is 9.59 Å². The molecular weight excluding hydrogens is 226 g/mol. The topological polar surface area (TPSA) is 46.2 Å². The van der Waals surface area contributed by atoms with Crippen molar-refractivity contribution in [2.45, 2.75) is 47.1 Å². The maximum atomic E-state index is 11.5. The van der Waals surface area contributed by atoms with Crippen molar-refractivity contribution in [1.29, 1.82) is 0 Å². The van der Waals surface area contributed by atoms with Gasteiger partial charge < -0.3 is 10.1 Å². The van der Waals surface area contributed by atoms with Crippen molar-refractivity contribution in [1.82, 2.24) is 5.32 Å². The van der Waals surface area contributed by atoms with Crippen LogP contribution in [0.1, 0.15) is 42.0 Å². The maximum Gasteiger partial charge on any atom is 0.220 e. The van der Waals surface area contributed by atoms with Gasteiger partial charge in [0.05, 0.1) is 0 Å². The van der Waals surface area contributed by atoms with Crippen molar-refractivity contribution in [2.24, 2.45) is 0 Å². The van der Waals surface area contributed by atoms with Crippen LogP contribution in [0.25, 0.3) is 0 Å². The standard InChI is InChI=1S/C15H21NO2/c1-10-7-11(2)14(12(3)8-10)9-16-15(18)6-5-13(4)17/h7-8H,5-6,9H2,1-4H3,(H,16,18). The van der Waals surface area contributed by atoms with E-state index in [1.54, 1.807) is 0 Å². The molecule has 0 atom stereocenters. The van der Waals surface area contributed by atoms with Crippen LogP contribution in [0, 0.1) is 20.8 Å². The molecule has 0 spiro atoms. The van der Waals surface area contributed by atoms with E-state index in [1.165, 1.54) is 23.6 Å². The first-order valence-electron chi connectivity index (χ1n) is 6.23. The third-order valence-electron chi connectivity index (χ3n) is 3.01. The minimum absolute atomic E-state index is 0.0489. The molecule has 0 fully saturated rings. The predicted octanol–water partition coefficient (Wildman–Crippen LogP) is 2.60. The zero-order valence-electron chi connectivity index (χ0n) is 11.6. The summed E-state index contributed by atoms with van der Waals surface area (Å²) < 4.78 is 0. The lowest BCUT2D eigenvalue weighted by molar-refractivity contribution is -0.124. The Kier molecular flexibility index (Phi) is 5.08. The highest BCUT2D eigenvalue weighted by molar-refractivity contribution is 5.83. The number of aryl methyl sites for hydroxylation is 3. The molecule has 1 amide bonds. The molecular formula is C15H21NO2. The van der Waals surface area contributed by atoms with E-state index < -0.39 is 0 Å². The molecule has 0 saturated carbocycles. The molecule has 3 heteroatoms. The van der Waals surface area contributed by atoms with Gasteiger partial charge in [-0.2, -0.15) is 0 Å². The van der Waals surface area contributed by atoms with E-state index >= 15 is 0 Å². The Hall–Kier alpha value is -1.64. The maximum absolute atomic E-state index is 11.5. The van der Waals surface area contributed by atoms with Crippen LogP contribution < -0.4 is 5.32 Å². The lowest BCUT2D eigenvalue weighted by atomic mass is 10.00. The van der Waals surface area contributed by atoms with Crippen molar-refractivity contribution in [3.05, 3.63) is 34.4 Å². The van der Waals surface area contributed by atoms with Gasteiger partial charge in [0, 0.05) is 19.4 Å². The molecule has 0 aromatic heterocycles. The lowest BCUT2D eigenvalue weighted by Gasteiger charge is -2.12. The molecule has 1 N–H and O–H groups in total. The third kappa shape index (κ3) is 4.32. The van der Waals surface area contributed by atoms with E-state index in [2.05, 4.69) is 38.2 Å². The van der Waals surface area contributed by atoms with Crippen LogP contribution in [-0.4, -0.2) is 11.7 Å². The fourth-order valence-electron chi connectivity index (χ4n) is 2.05. The number of hydrogen-bond acceptors (Lipinski definition) is 2. The van der Waals surface area contributed by atoms with Crippen LogP contribution in [-0.2, 0) is 16.1 Å². The molecule has 0 unspecified atom stereocenters. The number of rotatable bonds is 5. The van der Waals surface area contributed by atoms with Crippen LogP contribution in [0.4, 0.5) is 0 Å². The smallest absolute Gasteiger partial charge is 0.220 e. The monoisotopic (exact) mass is 247 g/mol. The quantitative estimate of drug-likeness (QED) is 0.869. The molecule has 0 aliphatic heterocycles. The summed E-state index contributed by atoms with van der Waals surface area (Å²) in [5.74, 6) is -0.0163. The number of Topliss-reactive ketones (excluding diaryl/α,β-unsaturated/α-hetero) is 1. The summed E-state index contributed by atoms with van der Waals surface area (Å²) in [4.78, 5) is 22.3.